The van der Waals surface area contributed by atoms with Crippen molar-refractivity contribution in [3.8, 4) is 0 Å². The van der Waals surface area contributed by atoms with E-state index in [1.165, 1.54) is 88.5 Å². The Bertz CT molecular complexity index is 428. The Morgan fingerprint density at radius 2 is 1.04 bits per heavy atom. The van der Waals surface area contributed by atoms with Gasteiger partial charge in [-0.3, -0.25) is 0 Å². The predicted molar refractivity (Wildman–Crippen MR) is 101 cm³/mol. The number of hydrogen-bond acceptors (Lipinski definition) is 3. The monoisotopic (exact) mass is 351 g/mol. The lowest BCUT2D eigenvalue weighted by Gasteiger charge is -2.00. The normalized spacial score (nSPS) is 10.0. The average Bonchev–Trinajstić information content (AvgIpc) is 2.61. The first-order valence-corrected chi connectivity index (χ1v) is 9.29. The van der Waals surface area contributed by atoms with Crippen LogP contribution in [-0.4, -0.2) is 28.7 Å². The average molecular weight is 351 g/mol. The highest BCUT2D eigenvalue weighted by atomic mass is 16.4. The topological polar surface area (TPSA) is 101 Å². The third kappa shape index (κ3) is 13.1. The fraction of sp³-hybridized carbons (Fsp3) is 0.600. The lowest BCUT2D eigenvalue weighted by Crippen LogP contribution is -1.99. The molecule has 4 N–H and O–H groups in total. The number of carbonyl (C=O) groups is 2. The first kappa shape index (κ1) is 23.1. The number of rotatable bonds is 12. The molecule has 25 heavy (non-hydrogen) atoms. The summed E-state index contributed by atoms with van der Waals surface area (Å²) in [5, 5.41) is 16.9. The molecule has 0 amide bonds. The number of aromatic carboxylic acids is 2. The Balaban J connectivity index is 0.000000462. The van der Waals surface area contributed by atoms with Crippen LogP contribution in [0.25, 0.3) is 0 Å². The van der Waals surface area contributed by atoms with Crippen LogP contribution in [0.1, 0.15) is 91.8 Å². The molecule has 5 heteroatoms. The molecular formula is C20H33NO4. The zero-order chi connectivity index (χ0) is 18.9. The summed E-state index contributed by atoms with van der Waals surface area (Å²) in [5.41, 5.74) is 5.59. The van der Waals surface area contributed by atoms with Crippen molar-refractivity contribution in [3.63, 3.8) is 0 Å². The quantitative estimate of drug-likeness (QED) is 0.463. The molecule has 0 saturated carbocycles. The minimum absolute atomic E-state index is 0.0833. The van der Waals surface area contributed by atoms with Crippen molar-refractivity contribution in [1.29, 1.82) is 0 Å². The molecule has 0 aliphatic carbocycles. The van der Waals surface area contributed by atoms with Crippen LogP contribution in [0.5, 0.6) is 0 Å². The molecule has 0 atom stereocenters. The standard InChI is InChI=1S/C12H27N.C8H6O4/c1-2-3-4-5-6-7-8-9-10-11-12-13;9-7(10)5-1-2-6(4-3-5)8(11)12/h2-13H2,1H3;1-4H,(H,9,10)(H,11,12). The Morgan fingerprint density at radius 3 is 1.32 bits per heavy atom. The second kappa shape index (κ2) is 15.6. The first-order chi connectivity index (χ1) is 12.0. The fourth-order valence-electron chi connectivity index (χ4n) is 2.39. The Kier molecular flexibility index (Phi) is 14.5. The second-order valence-corrected chi connectivity index (χ2v) is 6.16. The molecule has 1 rings (SSSR count). The van der Waals surface area contributed by atoms with E-state index in [-0.39, 0.29) is 11.1 Å². The minimum Gasteiger partial charge on any atom is -0.478 e. The summed E-state index contributed by atoms with van der Waals surface area (Å²) in [5.74, 6) is -2.13. The summed E-state index contributed by atoms with van der Waals surface area (Å²) in [6.07, 6.45) is 13.9. The fourth-order valence-corrected chi connectivity index (χ4v) is 2.39. The van der Waals surface area contributed by atoms with E-state index in [2.05, 4.69) is 6.92 Å². The maximum absolute atomic E-state index is 10.3. The molecule has 0 fully saturated rings. The van der Waals surface area contributed by atoms with Crippen molar-refractivity contribution >= 4 is 11.9 Å². The van der Waals surface area contributed by atoms with Gasteiger partial charge in [-0.15, -0.1) is 0 Å². The van der Waals surface area contributed by atoms with Gasteiger partial charge in [-0.25, -0.2) is 9.59 Å². The van der Waals surface area contributed by atoms with Gasteiger partial charge in [0.1, 0.15) is 0 Å². The first-order valence-electron chi connectivity index (χ1n) is 9.29. The van der Waals surface area contributed by atoms with E-state index in [0.717, 1.165) is 6.54 Å². The van der Waals surface area contributed by atoms with Gasteiger partial charge in [-0.1, -0.05) is 64.7 Å². The van der Waals surface area contributed by atoms with Gasteiger partial charge in [-0.05, 0) is 37.2 Å². The van der Waals surface area contributed by atoms with E-state index >= 15 is 0 Å². The van der Waals surface area contributed by atoms with Crippen molar-refractivity contribution in [1.82, 2.24) is 0 Å². The third-order valence-corrected chi connectivity index (χ3v) is 3.94. The largest absolute Gasteiger partial charge is 0.478 e. The maximum atomic E-state index is 10.3. The van der Waals surface area contributed by atoms with Gasteiger partial charge in [0.25, 0.3) is 0 Å². The Morgan fingerprint density at radius 1 is 0.720 bits per heavy atom. The summed E-state index contributed by atoms with van der Waals surface area (Å²) in [6, 6.07) is 5.02. The summed E-state index contributed by atoms with van der Waals surface area (Å²) in [4.78, 5) is 20.7. The Labute approximate surface area is 151 Å². The zero-order valence-electron chi connectivity index (χ0n) is 15.4. The van der Waals surface area contributed by atoms with Gasteiger partial charge in [0.2, 0.25) is 0 Å². The van der Waals surface area contributed by atoms with Crippen LogP contribution in [0.15, 0.2) is 24.3 Å². The van der Waals surface area contributed by atoms with Crippen LogP contribution in [-0.2, 0) is 0 Å². The molecule has 142 valence electrons. The smallest absolute Gasteiger partial charge is 0.335 e. The SMILES string of the molecule is CCCCCCCCCCCCN.O=C(O)c1ccc(C(=O)O)cc1. The summed E-state index contributed by atoms with van der Waals surface area (Å²) in [7, 11) is 0. The molecular weight excluding hydrogens is 318 g/mol. The lowest BCUT2D eigenvalue weighted by molar-refractivity contribution is 0.0681. The highest BCUT2D eigenvalue weighted by Crippen LogP contribution is 2.10. The highest BCUT2D eigenvalue weighted by Gasteiger charge is 2.04. The van der Waals surface area contributed by atoms with E-state index in [1.54, 1.807) is 0 Å². The van der Waals surface area contributed by atoms with Crippen LogP contribution in [0.4, 0.5) is 0 Å². The summed E-state index contributed by atoms with van der Waals surface area (Å²) < 4.78 is 0. The number of carboxylic acids is 2. The number of nitrogens with two attached hydrogens (primary N) is 1. The Hall–Kier alpha value is -1.88. The minimum atomic E-state index is -1.06. The van der Waals surface area contributed by atoms with Gasteiger partial charge in [0.15, 0.2) is 0 Å². The molecule has 1 aromatic carbocycles. The van der Waals surface area contributed by atoms with Crippen LogP contribution < -0.4 is 5.73 Å². The number of hydrogen-bond donors (Lipinski definition) is 3. The molecule has 1 aromatic rings. The van der Waals surface area contributed by atoms with Gasteiger partial charge < -0.3 is 15.9 Å². The van der Waals surface area contributed by atoms with E-state index in [1.807, 2.05) is 0 Å². The number of carboxylic acid groups (broad SMARTS) is 2. The molecule has 0 aliphatic heterocycles. The van der Waals surface area contributed by atoms with Crippen LogP contribution >= 0.6 is 0 Å². The van der Waals surface area contributed by atoms with E-state index in [9.17, 15) is 9.59 Å². The molecule has 0 unspecified atom stereocenters. The van der Waals surface area contributed by atoms with Crippen molar-refractivity contribution < 1.29 is 19.8 Å². The number of benzene rings is 1. The van der Waals surface area contributed by atoms with E-state index < -0.39 is 11.9 Å². The van der Waals surface area contributed by atoms with Crippen molar-refractivity contribution in [2.75, 3.05) is 6.54 Å². The molecule has 0 aromatic heterocycles. The van der Waals surface area contributed by atoms with Gasteiger partial charge in [-0.2, -0.15) is 0 Å². The molecule has 0 saturated heterocycles. The van der Waals surface area contributed by atoms with Gasteiger partial charge >= 0.3 is 11.9 Å². The van der Waals surface area contributed by atoms with Gasteiger partial charge in [0.05, 0.1) is 11.1 Å². The third-order valence-electron chi connectivity index (χ3n) is 3.94. The molecule has 0 spiro atoms. The molecule has 0 aliphatic rings. The highest BCUT2D eigenvalue weighted by molar-refractivity contribution is 5.91. The molecule has 0 heterocycles. The molecule has 0 radical (unpaired) electrons. The van der Waals surface area contributed by atoms with Crippen LogP contribution in [0.3, 0.4) is 0 Å². The summed E-state index contributed by atoms with van der Waals surface area (Å²) >= 11 is 0. The molecule has 5 nitrogen and oxygen atoms in total. The summed E-state index contributed by atoms with van der Waals surface area (Å²) in [6.45, 7) is 3.14. The van der Waals surface area contributed by atoms with E-state index in [0.29, 0.717) is 0 Å². The second-order valence-electron chi connectivity index (χ2n) is 6.16. The predicted octanol–water partition coefficient (Wildman–Crippen LogP) is 4.95. The van der Waals surface area contributed by atoms with Crippen molar-refractivity contribution in [3.05, 3.63) is 35.4 Å². The lowest BCUT2D eigenvalue weighted by atomic mass is 10.1. The van der Waals surface area contributed by atoms with Crippen LogP contribution in [0.2, 0.25) is 0 Å². The van der Waals surface area contributed by atoms with Crippen molar-refractivity contribution in [2.45, 2.75) is 71.1 Å². The van der Waals surface area contributed by atoms with Crippen molar-refractivity contribution in [2.24, 2.45) is 5.73 Å². The van der Waals surface area contributed by atoms with Gasteiger partial charge in [0, 0.05) is 0 Å². The maximum Gasteiger partial charge on any atom is 0.335 e. The molecule has 0 bridgehead atoms. The van der Waals surface area contributed by atoms with E-state index in [4.69, 9.17) is 15.9 Å². The number of unbranched alkanes of at least 4 members (excludes halogenated alkanes) is 9. The van der Waals surface area contributed by atoms with Crippen LogP contribution in [0, 0.1) is 0 Å². The zero-order valence-corrected chi connectivity index (χ0v) is 15.4.